The fraction of sp³-hybridized carbons (Fsp3) is 0.125. The van der Waals surface area contributed by atoms with Gasteiger partial charge in [-0.25, -0.2) is 5.43 Å². The molecule has 1 aliphatic heterocycles. The number of aryl methyl sites for hydroxylation is 1. The Morgan fingerprint density at radius 3 is 2.65 bits per heavy atom. The van der Waals surface area contributed by atoms with Gasteiger partial charge in [0, 0.05) is 11.9 Å². The molecule has 0 saturated heterocycles. The Morgan fingerprint density at radius 1 is 1.05 bits per heavy atom. The molecule has 1 amide bonds. The zero-order chi connectivity index (χ0) is 13.8. The average molecular weight is 265 g/mol. The van der Waals surface area contributed by atoms with E-state index < -0.39 is 0 Å². The second kappa shape index (κ2) is 5.57. The van der Waals surface area contributed by atoms with Gasteiger partial charge in [0.1, 0.15) is 0 Å². The van der Waals surface area contributed by atoms with Crippen LogP contribution in [0.15, 0.2) is 59.3 Å². The summed E-state index contributed by atoms with van der Waals surface area (Å²) >= 11 is 0. The average Bonchev–Trinajstić information content (AvgIpc) is 3.10. The van der Waals surface area contributed by atoms with Gasteiger partial charge in [0.2, 0.25) is 0 Å². The Kier molecular flexibility index (Phi) is 3.46. The lowest BCUT2D eigenvalue weighted by Gasteiger charge is -2.02. The van der Waals surface area contributed by atoms with Gasteiger partial charge in [-0.2, -0.15) is 5.10 Å². The molecule has 0 fully saturated rings. The zero-order valence-electron chi connectivity index (χ0n) is 11.0. The number of hydrazone groups is 1. The van der Waals surface area contributed by atoms with Gasteiger partial charge in [-0.15, -0.1) is 0 Å². The van der Waals surface area contributed by atoms with Gasteiger partial charge < -0.3 is 4.98 Å². The maximum atomic E-state index is 11.8. The standard InChI is InChI=1S/C16H15N3O/c20-16-14(11-13-7-4-10-17-13)15(18-19-16)9-8-12-5-2-1-3-6-12/h1-7,10-11,17H,8-9H2,(H,19,20). The molecule has 0 aliphatic carbocycles. The van der Waals surface area contributed by atoms with Crippen LogP contribution in [0.2, 0.25) is 0 Å². The molecular formula is C16H15N3O. The number of benzene rings is 1. The van der Waals surface area contributed by atoms with Crippen molar-refractivity contribution < 1.29 is 4.79 Å². The minimum absolute atomic E-state index is 0.136. The lowest BCUT2D eigenvalue weighted by Crippen LogP contribution is -2.13. The van der Waals surface area contributed by atoms with Crippen LogP contribution in [0, 0.1) is 0 Å². The lowest BCUT2D eigenvalue weighted by atomic mass is 10.0. The highest BCUT2D eigenvalue weighted by Crippen LogP contribution is 2.15. The van der Waals surface area contributed by atoms with E-state index in [0.29, 0.717) is 5.57 Å². The van der Waals surface area contributed by atoms with E-state index in [1.54, 1.807) is 0 Å². The van der Waals surface area contributed by atoms with Gasteiger partial charge in [-0.1, -0.05) is 30.3 Å². The summed E-state index contributed by atoms with van der Waals surface area (Å²) in [6.45, 7) is 0. The number of amides is 1. The van der Waals surface area contributed by atoms with E-state index in [-0.39, 0.29) is 5.91 Å². The summed E-state index contributed by atoms with van der Waals surface area (Å²) in [6.07, 6.45) is 5.29. The highest BCUT2D eigenvalue weighted by atomic mass is 16.2. The number of carbonyl (C=O) groups is 1. The molecule has 0 atom stereocenters. The van der Waals surface area contributed by atoms with Crippen molar-refractivity contribution in [3.63, 3.8) is 0 Å². The summed E-state index contributed by atoms with van der Waals surface area (Å²) in [5.74, 6) is -0.136. The van der Waals surface area contributed by atoms with Crippen molar-refractivity contribution in [1.82, 2.24) is 10.4 Å². The van der Waals surface area contributed by atoms with E-state index in [9.17, 15) is 4.79 Å². The van der Waals surface area contributed by atoms with Crippen LogP contribution in [0.4, 0.5) is 0 Å². The van der Waals surface area contributed by atoms with Gasteiger partial charge in [-0.05, 0) is 36.6 Å². The first-order valence-electron chi connectivity index (χ1n) is 6.59. The van der Waals surface area contributed by atoms with Crippen LogP contribution >= 0.6 is 0 Å². The third kappa shape index (κ3) is 2.69. The number of hydrogen-bond acceptors (Lipinski definition) is 2. The van der Waals surface area contributed by atoms with Gasteiger partial charge in [-0.3, -0.25) is 4.79 Å². The molecular weight excluding hydrogens is 250 g/mol. The number of aromatic nitrogens is 1. The molecule has 2 N–H and O–H groups in total. The Labute approximate surface area is 117 Å². The van der Waals surface area contributed by atoms with Crippen LogP contribution in [-0.4, -0.2) is 16.6 Å². The van der Waals surface area contributed by atoms with Gasteiger partial charge in [0.15, 0.2) is 0 Å². The van der Waals surface area contributed by atoms with Crippen molar-refractivity contribution in [1.29, 1.82) is 0 Å². The molecule has 2 heterocycles. The third-order valence-electron chi connectivity index (χ3n) is 3.26. The topological polar surface area (TPSA) is 57.2 Å². The molecule has 1 aromatic carbocycles. The van der Waals surface area contributed by atoms with Gasteiger partial charge in [0.25, 0.3) is 5.91 Å². The van der Waals surface area contributed by atoms with E-state index in [0.717, 1.165) is 24.2 Å². The van der Waals surface area contributed by atoms with Crippen LogP contribution in [0.3, 0.4) is 0 Å². The molecule has 1 aromatic heterocycles. The largest absolute Gasteiger partial charge is 0.362 e. The normalized spacial score (nSPS) is 16.3. The van der Waals surface area contributed by atoms with E-state index >= 15 is 0 Å². The van der Waals surface area contributed by atoms with Crippen LogP contribution in [-0.2, 0) is 11.2 Å². The molecule has 0 saturated carbocycles. The zero-order valence-corrected chi connectivity index (χ0v) is 11.0. The van der Waals surface area contributed by atoms with E-state index in [1.807, 2.05) is 42.6 Å². The minimum atomic E-state index is -0.136. The number of H-pyrrole nitrogens is 1. The number of nitrogens with one attached hydrogen (secondary N) is 2. The maximum Gasteiger partial charge on any atom is 0.273 e. The van der Waals surface area contributed by atoms with Crippen molar-refractivity contribution in [2.45, 2.75) is 12.8 Å². The lowest BCUT2D eigenvalue weighted by molar-refractivity contribution is -0.116. The summed E-state index contributed by atoms with van der Waals surface area (Å²) in [5.41, 5.74) is 6.14. The molecule has 4 heteroatoms. The summed E-state index contributed by atoms with van der Waals surface area (Å²) in [6, 6.07) is 14.0. The molecule has 4 nitrogen and oxygen atoms in total. The van der Waals surface area contributed by atoms with Crippen molar-refractivity contribution >= 4 is 17.7 Å². The highest BCUT2D eigenvalue weighted by molar-refractivity contribution is 6.27. The predicted molar refractivity (Wildman–Crippen MR) is 79.1 cm³/mol. The second-order valence-corrected chi connectivity index (χ2v) is 4.67. The van der Waals surface area contributed by atoms with E-state index in [2.05, 4.69) is 27.6 Å². The Bertz CT molecular complexity index is 654. The van der Waals surface area contributed by atoms with Gasteiger partial charge in [0.05, 0.1) is 11.3 Å². The smallest absolute Gasteiger partial charge is 0.273 e. The minimum Gasteiger partial charge on any atom is -0.362 e. The summed E-state index contributed by atoms with van der Waals surface area (Å²) < 4.78 is 0. The first-order chi connectivity index (χ1) is 9.83. The molecule has 0 unspecified atom stereocenters. The van der Waals surface area contributed by atoms with Crippen molar-refractivity contribution in [3.8, 4) is 0 Å². The number of rotatable bonds is 4. The molecule has 100 valence electrons. The third-order valence-corrected chi connectivity index (χ3v) is 3.26. The molecule has 0 radical (unpaired) electrons. The highest BCUT2D eigenvalue weighted by Gasteiger charge is 2.22. The van der Waals surface area contributed by atoms with Crippen LogP contribution in [0.5, 0.6) is 0 Å². The Balaban J connectivity index is 1.74. The number of carbonyl (C=O) groups excluding carboxylic acids is 1. The van der Waals surface area contributed by atoms with Crippen molar-refractivity contribution in [3.05, 3.63) is 65.5 Å². The molecule has 0 bridgehead atoms. The summed E-state index contributed by atoms with van der Waals surface area (Å²) in [5, 5.41) is 4.13. The number of nitrogens with zero attached hydrogens (tertiary/aromatic N) is 1. The van der Waals surface area contributed by atoms with Crippen LogP contribution in [0.1, 0.15) is 17.7 Å². The van der Waals surface area contributed by atoms with Gasteiger partial charge >= 0.3 is 0 Å². The van der Waals surface area contributed by atoms with E-state index in [1.165, 1.54) is 5.56 Å². The fourth-order valence-electron chi connectivity index (χ4n) is 2.21. The predicted octanol–water partition coefficient (Wildman–Crippen LogP) is 2.52. The summed E-state index contributed by atoms with van der Waals surface area (Å²) in [7, 11) is 0. The first kappa shape index (κ1) is 12.4. The molecule has 0 spiro atoms. The SMILES string of the molecule is O=C1NN=C(CCc2ccccc2)C1=Cc1ccc[nH]1. The fourth-order valence-corrected chi connectivity index (χ4v) is 2.21. The van der Waals surface area contributed by atoms with Crippen LogP contribution in [0.25, 0.3) is 6.08 Å². The monoisotopic (exact) mass is 265 g/mol. The van der Waals surface area contributed by atoms with E-state index in [4.69, 9.17) is 0 Å². The molecule has 1 aliphatic rings. The first-order valence-corrected chi connectivity index (χ1v) is 6.59. The Morgan fingerprint density at radius 2 is 1.90 bits per heavy atom. The van der Waals surface area contributed by atoms with Crippen LogP contribution < -0.4 is 5.43 Å². The molecule has 20 heavy (non-hydrogen) atoms. The second-order valence-electron chi connectivity index (χ2n) is 4.67. The molecule has 3 rings (SSSR count). The quantitative estimate of drug-likeness (QED) is 0.820. The van der Waals surface area contributed by atoms with Crippen molar-refractivity contribution in [2.24, 2.45) is 5.10 Å². The Hall–Kier alpha value is -2.62. The summed E-state index contributed by atoms with van der Waals surface area (Å²) in [4.78, 5) is 14.9. The maximum absolute atomic E-state index is 11.8. The number of aromatic amines is 1. The van der Waals surface area contributed by atoms with Crippen molar-refractivity contribution in [2.75, 3.05) is 0 Å². The number of hydrogen-bond donors (Lipinski definition) is 2. The molecule has 2 aromatic rings.